The molecule has 1 atom stereocenters. The van der Waals surface area contributed by atoms with Crippen molar-refractivity contribution in [3.63, 3.8) is 0 Å². The molecule has 0 spiro atoms. The highest BCUT2D eigenvalue weighted by molar-refractivity contribution is 5.95. The average molecular weight is 521 g/mol. The van der Waals surface area contributed by atoms with Crippen LogP contribution in [0.3, 0.4) is 0 Å². The number of rotatable bonds is 10. The van der Waals surface area contributed by atoms with Gasteiger partial charge in [0.05, 0.1) is 6.67 Å². The lowest BCUT2D eigenvalue weighted by Crippen LogP contribution is -2.26. The van der Waals surface area contributed by atoms with Crippen LogP contribution < -0.4 is 10.5 Å². The maximum Gasteiger partial charge on any atom is 0.248 e. The number of amides is 1. The molecule has 4 nitrogen and oxygen atoms in total. The number of benzene rings is 2. The number of hydrogen-bond donors (Lipinski definition) is 1. The number of likely N-dealkylation sites (tertiary alicyclic amines) is 1. The monoisotopic (exact) mass is 520 g/mol. The summed E-state index contributed by atoms with van der Waals surface area (Å²) in [6.07, 6.45) is 8.60. The van der Waals surface area contributed by atoms with Crippen LogP contribution in [0, 0.1) is 0 Å². The summed E-state index contributed by atoms with van der Waals surface area (Å²) >= 11 is 0. The van der Waals surface area contributed by atoms with Crippen molar-refractivity contribution in [1.29, 1.82) is 0 Å². The van der Waals surface area contributed by atoms with Crippen LogP contribution in [-0.2, 0) is 6.42 Å². The third-order valence-corrected chi connectivity index (χ3v) is 7.33. The SMILES string of the molecule is CC/C=C\C(C1=C(c2ccc(OC3CCN(CCCF)C3)cc2)c2ccc(C(N)=O)cc2CCC1)=C(/C)F. The van der Waals surface area contributed by atoms with Crippen molar-refractivity contribution in [1.82, 2.24) is 4.90 Å². The molecule has 1 amide bonds. The molecule has 2 aromatic carbocycles. The van der Waals surface area contributed by atoms with E-state index in [2.05, 4.69) is 4.90 Å². The summed E-state index contributed by atoms with van der Waals surface area (Å²) in [5.74, 6) is 0.123. The zero-order chi connectivity index (χ0) is 27.1. The Balaban J connectivity index is 1.71. The third-order valence-electron chi connectivity index (χ3n) is 7.33. The van der Waals surface area contributed by atoms with E-state index < -0.39 is 5.91 Å². The predicted octanol–water partition coefficient (Wildman–Crippen LogP) is 6.95. The number of primary amides is 1. The summed E-state index contributed by atoms with van der Waals surface area (Å²) in [5.41, 5.74) is 11.6. The van der Waals surface area contributed by atoms with Crippen molar-refractivity contribution in [2.24, 2.45) is 5.73 Å². The fourth-order valence-electron chi connectivity index (χ4n) is 5.47. The van der Waals surface area contributed by atoms with Crippen LogP contribution in [0.2, 0.25) is 0 Å². The van der Waals surface area contributed by atoms with Crippen LogP contribution in [0.1, 0.15) is 73.0 Å². The van der Waals surface area contributed by atoms with E-state index in [1.54, 1.807) is 6.07 Å². The Morgan fingerprint density at radius 2 is 1.97 bits per heavy atom. The minimum atomic E-state index is -0.453. The molecule has 2 aliphatic rings. The minimum absolute atomic E-state index is 0.0870. The zero-order valence-corrected chi connectivity index (χ0v) is 22.4. The number of fused-ring (bicyclic) bond motifs is 1. The number of allylic oxidation sites excluding steroid dienone is 5. The van der Waals surface area contributed by atoms with E-state index in [9.17, 15) is 13.6 Å². The largest absolute Gasteiger partial charge is 0.489 e. The van der Waals surface area contributed by atoms with Gasteiger partial charge < -0.3 is 10.5 Å². The molecule has 0 radical (unpaired) electrons. The van der Waals surface area contributed by atoms with E-state index in [4.69, 9.17) is 10.5 Å². The molecule has 1 aliphatic carbocycles. The number of carbonyl (C=O) groups excluding carboxylic acids is 1. The highest BCUT2D eigenvalue weighted by Gasteiger charge is 2.25. The number of aryl methyl sites for hydroxylation is 1. The Morgan fingerprint density at radius 3 is 2.66 bits per heavy atom. The summed E-state index contributed by atoms with van der Waals surface area (Å²) in [6, 6.07) is 13.6. The molecule has 2 N–H and O–H groups in total. The highest BCUT2D eigenvalue weighted by Crippen LogP contribution is 2.40. The molecule has 1 unspecified atom stereocenters. The molecular weight excluding hydrogens is 482 g/mol. The van der Waals surface area contributed by atoms with Gasteiger partial charge in [-0.25, -0.2) is 4.39 Å². The third kappa shape index (κ3) is 6.60. The first-order valence-corrected chi connectivity index (χ1v) is 13.7. The molecule has 1 heterocycles. The van der Waals surface area contributed by atoms with E-state index in [1.165, 1.54) is 6.92 Å². The van der Waals surface area contributed by atoms with Gasteiger partial charge in [0.25, 0.3) is 0 Å². The molecule has 4 rings (SSSR count). The molecule has 0 saturated carbocycles. The van der Waals surface area contributed by atoms with Crippen molar-refractivity contribution < 1.29 is 18.3 Å². The van der Waals surface area contributed by atoms with Gasteiger partial charge in [0, 0.05) is 30.8 Å². The van der Waals surface area contributed by atoms with Gasteiger partial charge in [0.15, 0.2) is 0 Å². The number of alkyl halides is 1. The summed E-state index contributed by atoms with van der Waals surface area (Å²) in [6.45, 7) is 5.75. The quantitative estimate of drug-likeness (QED) is 0.345. The first-order valence-electron chi connectivity index (χ1n) is 13.7. The van der Waals surface area contributed by atoms with Crippen molar-refractivity contribution in [2.75, 3.05) is 26.3 Å². The van der Waals surface area contributed by atoms with E-state index in [-0.39, 0.29) is 18.6 Å². The Morgan fingerprint density at radius 1 is 1.18 bits per heavy atom. The second-order valence-corrected chi connectivity index (χ2v) is 10.1. The first kappa shape index (κ1) is 27.8. The predicted molar refractivity (Wildman–Crippen MR) is 150 cm³/mol. The molecule has 1 aliphatic heterocycles. The lowest BCUT2D eigenvalue weighted by molar-refractivity contribution is 0.1000. The van der Waals surface area contributed by atoms with Crippen LogP contribution >= 0.6 is 0 Å². The fraction of sp³-hybridized carbons (Fsp3) is 0.406. The van der Waals surface area contributed by atoms with Gasteiger partial charge in [0.2, 0.25) is 5.91 Å². The van der Waals surface area contributed by atoms with Crippen LogP contribution in [0.15, 0.2) is 71.6 Å². The number of ether oxygens (including phenoxy) is 1. The number of nitrogens with two attached hydrogens (primary N) is 1. The summed E-state index contributed by atoms with van der Waals surface area (Å²) in [5, 5.41) is 0. The van der Waals surface area contributed by atoms with Crippen LogP contribution in [-0.4, -0.2) is 43.2 Å². The topological polar surface area (TPSA) is 55.6 Å². The van der Waals surface area contributed by atoms with Gasteiger partial charge in [-0.1, -0.05) is 37.3 Å². The molecule has 38 heavy (non-hydrogen) atoms. The number of nitrogens with zero attached hydrogens (tertiary/aromatic N) is 1. The molecule has 0 aromatic heterocycles. The fourth-order valence-corrected chi connectivity index (χ4v) is 5.47. The van der Waals surface area contributed by atoms with Crippen LogP contribution in [0.5, 0.6) is 5.75 Å². The van der Waals surface area contributed by atoms with Crippen molar-refractivity contribution in [3.05, 3.63) is 93.8 Å². The van der Waals surface area contributed by atoms with Crippen LogP contribution in [0.4, 0.5) is 8.78 Å². The molecule has 1 fully saturated rings. The normalized spacial score (nSPS) is 18.9. The Bertz CT molecular complexity index is 1230. The van der Waals surface area contributed by atoms with Crippen molar-refractivity contribution >= 4 is 11.5 Å². The highest BCUT2D eigenvalue weighted by atomic mass is 19.1. The Labute approximate surface area is 224 Å². The first-order chi connectivity index (χ1) is 18.4. The lowest BCUT2D eigenvalue weighted by atomic mass is 9.86. The number of halogens is 2. The minimum Gasteiger partial charge on any atom is -0.489 e. The standard InChI is InChI=1S/C32H38F2N2O2/c1-3-4-8-28(22(2)34)30-9-5-7-24-20-25(32(35)37)12-15-29(24)31(30)23-10-13-26(14-11-23)38-27-16-19-36(21-27)18-6-17-33/h4,8,10-15,20,27H,3,5-7,9,16-19,21H2,1-2H3,(H2,35,37)/b8-4-,28-22-. The van der Waals surface area contributed by atoms with E-state index >= 15 is 0 Å². The maximum absolute atomic E-state index is 14.9. The van der Waals surface area contributed by atoms with Gasteiger partial charge in [-0.3, -0.25) is 14.1 Å². The van der Waals surface area contributed by atoms with Gasteiger partial charge in [-0.05, 0) is 97.6 Å². The molecule has 0 bridgehead atoms. The molecule has 202 valence electrons. The molecule has 2 aromatic rings. The van der Waals surface area contributed by atoms with Gasteiger partial charge in [-0.2, -0.15) is 0 Å². The average Bonchev–Trinajstić information content (AvgIpc) is 3.26. The van der Waals surface area contributed by atoms with E-state index in [0.29, 0.717) is 17.6 Å². The molecule has 6 heteroatoms. The molecular formula is C32H38F2N2O2. The Hall–Kier alpha value is -3.25. The van der Waals surface area contributed by atoms with Gasteiger partial charge in [0.1, 0.15) is 17.7 Å². The smallest absolute Gasteiger partial charge is 0.248 e. The number of hydrogen-bond acceptors (Lipinski definition) is 3. The van der Waals surface area contributed by atoms with E-state index in [1.807, 2.05) is 55.5 Å². The second-order valence-electron chi connectivity index (χ2n) is 10.1. The van der Waals surface area contributed by atoms with Crippen molar-refractivity contribution in [3.8, 4) is 5.75 Å². The summed E-state index contributed by atoms with van der Waals surface area (Å²) < 4.78 is 33.7. The van der Waals surface area contributed by atoms with Crippen molar-refractivity contribution in [2.45, 2.75) is 58.5 Å². The number of carbonyl (C=O) groups is 1. The summed E-state index contributed by atoms with van der Waals surface area (Å²) in [4.78, 5) is 14.1. The van der Waals surface area contributed by atoms with E-state index in [0.717, 1.165) is 85.3 Å². The van der Waals surface area contributed by atoms with Gasteiger partial charge >= 0.3 is 0 Å². The zero-order valence-electron chi connectivity index (χ0n) is 22.4. The lowest BCUT2D eigenvalue weighted by Gasteiger charge is -2.19. The summed E-state index contributed by atoms with van der Waals surface area (Å²) in [7, 11) is 0. The maximum atomic E-state index is 14.9. The second kappa shape index (κ2) is 13.0. The Kier molecular flexibility index (Phi) is 9.51. The van der Waals surface area contributed by atoms with Crippen LogP contribution in [0.25, 0.3) is 5.57 Å². The molecule has 1 saturated heterocycles. The van der Waals surface area contributed by atoms with Gasteiger partial charge in [-0.15, -0.1) is 0 Å².